The zero-order valence-electron chi connectivity index (χ0n) is 13.8. The summed E-state index contributed by atoms with van der Waals surface area (Å²) in [4.78, 5) is 17.7. The van der Waals surface area contributed by atoms with E-state index in [1.54, 1.807) is 7.05 Å². The Morgan fingerprint density at radius 2 is 2.13 bits per heavy atom. The number of rotatable bonds is 5. The first-order chi connectivity index (χ1) is 10.7. The zero-order chi connectivity index (χ0) is 15.8. The number of likely N-dealkylation sites (tertiary alicyclic amines) is 1. The minimum Gasteiger partial charge on any atom is -0.469 e. The van der Waals surface area contributed by atoms with Crippen molar-refractivity contribution in [1.82, 2.24) is 10.2 Å². The molecule has 5 nitrogen and oxygen atoms in total. The van der Waals surface area contributed by atoms with Crippen molar-refractivity contribution in [3.63, 3.8) is 0 Å². The van der Waals surface area contributed by atoms with Gasteiger partial charge in [0.25, 0.3) is 0 Å². The summed E-state index contributed by atoms with van der Waals surface area (Å²) in [6.07, 6.45) is 2.64. The maximum Gasteiger partial charge on any atom is 0.307 e. The van der Waals surface area contributed by atoms with Gasteiger partial charge in [0, 0.05) is 26.7 Å². The van der Waals surface area contributed by atoms with E-state index in [1.165, 1.54) is 19.1 Å². The van der Waals surface area contributed by atoms with Crippen molar-refractivity contribution >= 4 is 35.9 Å². The Kier molecular flexibility index (Phi) is 8.98. The summed E-state index contributed by atoms with van der Waals surface area (Å²) in [7, 11) is 3.19. The second-order valence-corrected chi connectivity index (χ2v) is 5.59. The zero-order valence-corrected chi connectivity index (χ0v) is 16.2. The topological polar surface area (TPSA) is 53.9 Å². The quantitative estimate of drug-likeness (QED) is 0.337. The van der Waals surface area contributed by atoms with Crippen LogP contribution in [0.1, 0.15) is 18.4 Å². The van der Waals surface area contributed by atoms with E-state index >= 15 is 0 Å². The van der Waals surface area contributed by atoms with Crippen LogP contribution in [0.3, 0.4) is 0 Å². The number of aliphatic imine (C=N–C) groups is 1. The van der Waals surface area contributed by atoms with Crippen LogP contribution >= 0.6 is 24.0 Å². The lowest BCUT2D eigenvalue weighted by atomic mass is 9.99. The first-order valence-corrected chi connectivity index (χ1v) is 7.79. The van der Waals surface area contributed by atoms with E-state index in [1.807, 2.05) is 0 Å². The lowest BCUT2D eigenvalue weighted by Gasteiger charge is -2.21. The molecule has 0 bridgehead atoms. The summed E-state index contributed by atoms with van der Waals surface area (Å²) in [6.45, 7) is 2.57. The number of halogens is 1. The molecule has 0 spiro atoms. The molecule has 1 unspecified atom stereocenters. The van der Waals surface area contributed by atoms with Crippen molar-refractivity contribution in [3.05, 3.63) is 35.9 Å². The Morgan fingerprint density at radius 1 is 1.39 bits per heavy atom. The maximum absolute atomic E-state index is 11.1. The van der Waals surface area contributed by atoms with Crippen molar-refractivity contribution in [2.75, 3.05) is 33.8 Å². The third-order valence-corrected chi connectivity index (χ3v) is 4.00. The smallest absolute Gasteiger partial charge is 0.307 e. The SMILES string of the molecule is CN=C(NCCC(=O)OC)N1CCC(Cc2ccccc2)C1.I. The van der Waals surface area contributed by atoms with E-state index in [0.29, 0.717) is 18.9 Å². The molecule has 0 aliphatic carbocycles. The van der Waals surface area contributed by atoms with Crippen molar-refractivity contribution in [1.29, 1.82) is 0 Å². The number of nitrogens with one attached hydrogen (secondary N) is 1. The van der Waals surface area contributed by atoms with Gasteiger partial charge in [0.1, 0.15) is 0 Å². The first-order valence-electron chi connectivity index (χ1n) is 7.79. The molecule has 1 fully saturated rings. The average molecular weight is 431 g/mol. The van der Waals surface area contributed by atoms with Crippen LogP contribution in [0.15, 0.2) is 35.3 Å². The number of ether oxygens (including phenoxy) is 1. The van der Waals surface area contributed by atoms with Crippen molar-refractivity contribution in [2.45, 2.75) is 19.3 Å². The molecule has 1 saturated heterocycles. The van der Waals surface area contributed by atoms with Gasteiger partial charge in [-0.25, -0.2) is 0 Å². The summed E-state index contributed by atoms with van der Waals surface area (Å²) < 4.78 is 4.64. The van der Waals surface area contributed by atoms with Crippen LogP contribution in [0.4, 0.5) is 0 Å². The largest absolute Gasteiger partial charge is 0.469 e. The van der Waals surface area contributed by atoms with Crippen LogP contribution < -0.4 is 5.32 Å². The highest BCUT2D eigenvalue weighted by Crippen LogP contribution is 2.20. The first kappa shape index (κ1) is 19.7. The van der Waals surface area contributed by atoms with E-state index in [9.17, 15) is 4.79 Å². The Labute approximate surface area is 155 Å². The van der Waals surface area contributed by atoms with Crippen LogP contribution in [-0.4, -0.2) is 50.6 Å². The number of nitrogens with zero attached hydrogens (tertiary/aromatic N) is 2. The molecule has 1 aliphatic heterocycles. The van der Waals surface area contributed by atoms with Gasteiger partial charge in [-0.05, 0) is 24.3 Å². The summed E-state index contributed by atoms with van der Waals surface area (Å²) >= 11 is 0. The van der Waals surface area contributed by atoms with Crippen LogP contribution in [0, 0.1) is 5.92 Å². The number of carbonyl (C=O) groups excluding carboxylic acids is 1. The molecule has 128 valence electrons. The predicted molar refractivity (Wildman–Crippen MR) is 103 cm³/mol. The lowest BCUT2D eigenvalue weighted by Crippen LogP contribution is -2.41. The summed E-state index contributed by atoms with van der Waals surface area (Å²) in [5.41, 5.74) is 1.39. The van der Waals surface area contributed by atoms with Crippen LogP contribution in [0.25, 0.3) is 0 Å². The number of hydrogen-bond acceptors (Lipinski definition) is 3. The molecular formula is C17H26IN3O2. The van der Waals surface area contributed by atoms with Gasteiger partial charge in [-0.15, -0.1) is 24.0 Å². The van der Waals surface area contributed by atoms with Gasteiger partial charge in [0.05, 0.1) is 13.5 Å². The molecule has 1 aromatic carbocycles. The Balaban J connectivity index is 0.00000264. The van der Waals surface area contributed by atoms with Crippen LogP contribution in [0.2, 0.25) is 0 Å². The number of methoxy groups -OCH3 is 1. The molecule has 23 heavy (non-hydrogen) atoms. The third kappa shape index (κ3) is 6.37. The van der Waals surface area contributed by atoms with E-state index < -0.39 is 0 Å². The molecule has 1 heterocycles. The molecule has 0 amide bonds. The molecule has 1 aromatic rings. The molecule has 0 aromatic heterocycles. The van der Waals surface area contributed by atoms with Gasteiger partial charge < -0.3 is 15.0 Å². The summed E-state index contributed by atoms with van der Waals surface area (Å²) in [5, 5.41) is 3.24. The number of hydrogen-bond donors (Lipinski definition) is 1. The fourth-order valence-electron chi connectivity index (χ4n) is 2.85. The molecule has 0 saturated carbocycles. The molecule has 1 aliphatic rings. The van der Waals surface area contributed by atoms with E-state index in [2.05, 4.69) is 50.3 Å². The molecule has 6 heteroatoms. The number of carbonyl (C=O) groups is 1. The van der Waals surface area contributed by atoms with E-state index in [0.717, 1.165) is 25.5 Å². The minimum atomic E-state index is -0.202. The van der Waals surface area contributed by atoms with Crippen molar-refractivity contribution < 1.29 is 9.53 Å². The number of guanidine groups is 1. The highest BCUT2D eigenvalue weighted by atomic mass is 127. The van der Waals surface area contributed by atoms with Crippen molar-refractivity contribution in [2.24, 2.45) is 10.9 Å². The highest BCUT2D eigenvalue weighted by Gasteiger charge is 2.24. The van der Waals surface area contributed by atoms with E-state index in [4.69, 9.17) is 0 Å². The number of benzene rings is 1. The van der Waals surface area contributed by atoms with Gasteiger partial charge in [-0.1, -0.05) is 30.3 Å². The Morgan fingerprint density at radius 3 is 2.78 bits per heavy atom. The van der Waals surface area contributed by atoms with Gasteiger partial charge in [-0.3, -0.25) is 9.79 Å². The second kappa shape index (κ2) is 10.5. The fourth-order valence-corrected chi connectivity index (χ4v) is 2.85. The average Bonchev–Trinajstić information content (AvgIpc) is 3.00. The fraction of sp³-hybridized carbons (Fsp3) is 0.529. The molecule has 1 atom stereocenters. The van der Waals surface area contributed by atoms with Crippen LogP contribution in [-0.2, 0) is 16.0 Å². The second-order valence-electron chi connectivity index (χ2n) is 5.59. The summed E-state index contributed by atoms with van der Waals surface area (Å²) in [6, 6.07) is 10.6. The minimum absolute atomic E-state index is 0. The van der Waals surface area contributed by atoms with Gasteiger partial charge in [-0.2, -0.15) is 0 Å². The highest BCUT2D eigenvalue weighted by molar-refractivity contribution is 14.0. The molecule has 1 N–H and O–H groups in total. The molecular weight excluding hydrogens is 405 g/mol. The van der Waals surface area contributed by atoms with E-state index in [-0.39, 0.29) is 29.9 Å². The summed E-state index contributed by atoms with van der Waals surface area (Å²) in [5.74, 6) is 1.33. The molecule has 2 rings (SSSR count). The van der Waals surface area contributed by atoms with Gasteiger partial charge in [0.2, 0.25) is 0 Å². The maximum atomic E-state index is 11.1. The standard InChI is InChI=1S/C17H25N3O2.HI/c1-18-17(19-10-8-16(21)22-2)20-11-9-15(13-20)12-14-6-4-3-5-7-14;/h3-7,15H,8-13H2,1-2H3,(H,18,19);1H. The van der Waals surface area contributed by atoms with Crippen LogP contribution in [0.5, 0.6) is 0 Å². The van der Waals surface area contributed by atoms with Gasteiger partial charge in [0.15, 0.2) is 5.96 Å². The molecule has 0 radical (unpaired) electrons. The van der Waals surface area contributed by atoms with Crippen molar-refractivity contribution in [3.8, 4) is 0 Å². The normalized spacial score (nSPS) is 17.6. The monoisotopic (exact) mass is 431 g/mol. The number of esters is 1. The third-order valence-electron chi connectivity index (χ3n) is 4.00. The van der Waals surface area contributed by atoms with Gasteiger partial charge >= 0.3 is 5.97 Å². The Bertz CT molecular complexity index is 508. The lowest BCUT2D eigenvalue weighted by molar-refractivity contribution is -0.140. The predicted octanol–water partition coefficient (Wildman–Crippen LogP) is 2.31. The Hall–Kier alpha value is -1.31.